The number of hydroxylamine groups is 1. The molecule has 4 N–H and O–H groups in total. The van der Waals surface area contributed by atoms with Crippen LogP contribution >= 0.6 is 15.9 Å². The number of anilines is 2. The van der Waals surface area contributed by atoms with Gasteiger partial charge < -0.3 is 30.1 Å². The van der Waals surface area contributed by atoms with Crippen molar-refractivity contribution in [3.8, 4) is 23.1 Å². The second-order valence-corrected chi connectivity index (χ2v) is 5.88. The molecule has 0 saturated carbocycles. The smallest absolute Gasteiger partial charge is 0.256 e. The van der Waals surface area contributed by atoms with Crippen molar-refractivity contribution in [3.05, 3.63) is 22.8 Å². The Balaban J connectivity index is 2.20. The summed E-state index contributed by atoms with van der Waals surface area (Å²) in [6.45, 7) is 1.19. The van der Waals surface area contributed by atoms with Crippen molar-refractivity contribution < 1.29 is 19.0 Å². The minimum atomic E-state index is 0.345. The van der Waals surface area contributed by atoms with Crippen molar-refractivity contribution in [1.82, 2.24) is 15.4 Å². The van der Waals surface area contributed by atoms with Crippen LogP contribution in [0.25, 0.3) is 0 Å². The lowest BCUT2D eigenvalue weighted by Crippen LogP contribution is -2.22. The van der Waals surface area contributed by atoms with Crippen LogP contribution in [0.1, 0.15) is 6.42 Å². The molecule has 0 unspecified atom stereocenters. The molecule has 0 atom stereocenters. The Morgan fingerprint density at radius 2 is 1.81 bits per heavy atom. The standard InChI is InChI=1S/C16H22BrN5O4/c1-23-12-7-10(8-13(24-2)14(12)25-3)21-16-19-9-11(17)15(22-16)26-20-6-4-5-18/h7-9,20H,4-6,18H2,1-3H3,(H,19,21,22). The van der Waals surface area contributed by atoms with Gasteiger partial charge in [-0.2, -0.15) is 10.5 Å². The third-order valence-electron chi connectivity index (χ3n) is 3.28. The number of nitrogens with one attached hydrogen (secondary N) is 2. The molecule has 0 fully saturated rings. The topological polar surface area (TPSA) is 113 Å². The van der Waals surface area contributed by atoms with Crippen molar-refractivity contribution in [2.75, 3.05) is 39.7 Å². The van der Waals surface area contributed by atoms with Crippen LogP contribution in [-0.2, 0) is 0 Å². The zero-order valence-electron chi connectivity index (χ0n) is 14.8. The van der Waals surface area contributed by atoms with Gasteiger partial charge in [0.15, 0.2) is 11.5 Å². The molecule has 0 aliphatic carbocycles. The highest BCUT2D eigenvalue weighted by molar-refractivity contribution is 9.10. The summed E-state index contributed by atoms with van der Waals surface area (Å²) >= 11 is 3.35. The minimum absolute atomic E-state index is 0.345. The Labute approximate surface area is 160 Å². The van der Waals surface area contributed by atoms with Crippen molar-refractivity contribution in [2.24, 2.45) is 5.73 Å². The van der Waals surface area contributed by atoms with Crippen LogP contribution in [0.3, 0.4) is 0 Å². The summed E-state index contributed by atoms with van der Waals surface area (Å²) in [4.78, 5) is 14.0. The van der Waals surface area contributed by atoms with E-state index in [0.29, 0.717) is 52.3 Å². The van der Waals surface area contributed by atoms with E-state index in [1.54, 1.807) is 39.7 Å². The minimum Gasteiger partial charge on any atom is -0.493 e. The monoisotopic (exact) mass is 427 g/mol. The van der Waals surface area contributed by atoms with Gasteiger partial charge in [-0.25, -0.2) is 4.98 Å². The molecule has 0 aliphatic rings. The fourth-order valence-electron chi connectivity index (χ4n) is 2.06. The van der Waals surface area contributed by atoms with Gasteiger partial charge >= 0.3 is 0 Å². The molecule has 9 nitrogen and oxygen atoms in total. The zero-order valence-corrected chi connectivity index (χ0v) is 16.4. The molecule has 0 amide bonds. The molecule has 1 aromatic carbocycles. The van der Waals surface area contributed by atoms with Crippen LogP contribution in [0, 0.1) is 0 Å². The molecule has 0 radical (unpaired) electrons. The number of halogens is 1. The first-order chi connectivity index (χ1) is 12.6. The SMILES string of the molecule is COc1cc(Nc2ncc(Br)c(ONCCCN)n2)cc(OC)c1OC. The lowest BCUT2D eigenvalue weighted by atomic mass is 10.2. The Kier molecular flexibility index (Phi) is 7.70. The summed E-state index contributed by atoms with van der Waals surface area (Å²) in [5.41, 5.74) is 8.92. The van der Waals surface area contributed by atoms with E-state index in [2.05, 4.69) is 36.7 Å². The van der Waals surface area contributed by atoms with E-state index in [1.165, 1.54) is 0 Å². The lowest BCUT2D eigenvalue weighted by Gasteiger charge is -2.15. The molecule has 26 heavy (non-hydrogen) atoms. The van der Waals surface area contributed by atoms with Crippen LogP contribution in [0.15, 0.2) is 22.8 Å². The first kappa shape index (κ1) is 20.0. The summed E-state index contributed by atoms with van der Waals surface area (Å²) in [5, 5.41) is 3.09. The molecule has 0 spiro atoms. The molecular weight excluding hydrogens is 406 g/mol. The third kappa shape index (κ3) is 5.10. The Morgan fingerprint density at radius 3 is 2.38 bits per heavy atom. The molecule has 2 rings (SSSR count). The van der Waals surface area contributed by atoms with Gasteiger partial charge in [0.05, 0.1) is 27.5 Å². The van der Waals surface area contributed by atoms with E-state index in [1.807, 2.05) is 0 Å². The molecule has 142 valence electrons. The van der Waals surface area contributed by atoms with Gasteiger partial charge in [0.25, 0.3) is 5.88 Å². The van der Waals surface area contributed by atoms with Crippen molar-refractivity contribution >= 4 is 27.6 Å². The molecule has 0 saturated heterocycles. The maximum Gasteiger partial charge on any atom is 0.256 e. The molecule has 0 bridgehead atoms. The van der Waals surface area contributed by atoms with Gasteiger partial charge in [0.2, 0.25) is 11.7 Å². The number of nitrogens with two attached hydrogens (primary N) is 1. The van der Waals surface area contributed by atoms with Crippen LogP contribution in [0.2, 0.25) is 0 Å². The fourth-order valence-corrected chi connectivity index (χ4v) is 2.33. The quantitative estimate of drug-likeness (QED) is 0.387. The van der Waals surface area contributed by atoms with Gasteiger partial charge in [-0.05, 0) is 28.9 Å². The van der Waals surface area contributed by atoms with Crippen LogP contribution in [-0.4, -0.2) is 44.4 Å². The molecule has 0 aliphatic heterocycles. The predicted molar refractivity (Wildman–Crippen MR) is 101 cm³/mol. The van der Waals surface area contributed by atoms with E-state index in [9.17, 15) is 0 Å². The number of benzene rings is 1. The summed E-state index contributed by atoms with van der Waals surface area (Å²) in [7, 11) is 4.65. The summed E-state index contributed by atoms with van der Waals surface area (Å²) in [6, 6.07) is 3.51. The van der Waals surface area contributed by atoms with Gasteiger partial charge in [-0.1, -0.05) is 0 Å². The summed E-state index contributed by atoms with van der Waals surface area (Å²) in [6.07, 6.45) is 2.38. The summed E-state index contributed by atoms with van der Waals surface area (Å²) in [5.74, 6) is 2.24. The highest BCUT2D eigenvalue weighted by atomic mass is 79.9. The van der Waals surface area contributed by atoms with Gasteiger partial charge in [-0.3, -0.25) is 0 Å². The second-order valence-electron chi connectivity index (χ2n) is 5.02. The van der Waals surface area contributed by atoms with Crippen molar-refractivity contribution in [3.63, 3.8) is 0 Å². The number of hydrogen-bond acceptors (Lipinski definition) is 9. The highest BCUT2D eigenvalue weighted by Crippen LogP contribution is 2.40. The number of aromatic nitrogens is 2. The van der Waals surface area contributed by atoms with E-state index in [0.717, 1.165) is 6.42 Å². The molecule has 1 aromatic heterocycles. The Bertz CT molecular complexity index is 707. The normalized spacial score (nSPS) is 10.3. The average molecular weight is 428 g/mol. The van der Waals surface area contributed by atoms with Crippen molar-refractivity contribution in [2.45, 2.75) is 6.42 Å². The van der Waals surface area contributed by atoms with Crippen LogP contribution in [0.4, 0.5) is 11.6 Å². The number of nitrogens with zero attached hydrogens (tertiary/aromatic N) is 2. The first-order valence-corrected chi connectivity index (χ1v) is 8.61. The maximum absolute atomic E-state index is 5.45. The van der Waals surface area contributed by atoms with Gasteiger partial charge in [-0.15, -0.1) is 0 Å². The fraction of sp³-hybridized carbons (Fsp3) is 0.375. The Morgan fingerprint density at radius 1 is 1.12 bits per heavy atom. The van der Waals surface area contributed by atoms with E-state index < -0.39 is 0 Å². The average Bonchev–Trinajstić information content (AvgIpc) is 2.66. The van der Waals surface area contributed by atoms with E-state index >= 15 is 0 Å². The summed E-state index contributed by atoms with van der Waals surface area (Å²) < 4.78 is 16.6. The van der Waals surface area contributed by atoms with Gasteiger partial charge in [0.1, 0.15) is 4.47 Å². The highest BCUT2D eigenvalue weighted by Gasteiger charge is 2.14. The van der Waals surface area contributed by atoms with Crippen LogP contribution in [0.5, 0.6) is 23.1 Å². The predicted octanol–water partition coefficient (Wildman–Crippen LogP) is 2.24. The number of rotatable bonds is 10. The number of ether oxygens (including phenoxy) is 3. The molecular formula is C16H22BrN5O4. The first-order valence-electron chi connectivity index (χ1n) is 7.82. The maximum atomic E-state index is 5.45. The third-order valence-corrected chi connectivity index (χ3v) is 3.83. The van der Waals surface area contributed by atoms with E-state index in [4.69, 9.17) is 24.8 Å². The van der Waals surface area contributed by atoms with Crippen LogP contribution < -0.4 is 35.6 Å². The van der Waals surface area contributed by atoms with Gasteiger partial charge in [0, 0.05) is 24.4 Å². The number of hydrogen-bond donors (Lipinski definition) is 3. The zero-order chi connectivity index (χ0) is 18.9. The van der Waals surface area contributed by atoms with E-state index in [-0.39, 0.29) is 0 Å². The lowest BCUT2D eigenvalue weighted by molar-refractivity contribution is 0.185. The second kappa shape index (κ2) is 10.00. The van der Waals surface area contributed by atoms with Crippen molar-refractivity contribution in [1.29, 1.82) is 0 Å². The molecule has 1 heterocycles. The number of methoxy groups -OCH3 is 3. The Hall–Kier alpha value is -2.30. The largest absolute Gasteiger partial charge is 0.493 e. The molecule has 10 heteroatoms. The molecule has 2 aromatic rings.